The molecule has 77 heavy (non-hydrogen) atoms. The molecule has 0 bridgehead atoms. The number of nitrogens with one attached hydrogen (secondary N) is 1. The Morgan fingerprint density at radius 1 is 0.494 bits per heavy atom. The van der Waals surface area contributed by atoms with Crippen molar-refractivity contribution in [1.82, 2.24) is 39.9 Å². The Bertz CT molecular complexity index is 2820. The average molecular weight is 1180 g/mol. The lowest BCUT2D eigenvalue weighted by molar-refractivity contribution is 0.0510. The molecule has 31 heteroatoms. The van der Waals surface area contributed by atoms with Crippen LogP contribution in [0.25, 0.3) is 0 Å². The topological polar surface area (TPSA) is 365 Å². The largest absolute Gasteiger partial charge is 0.496 e. The fourth-order valence-electron chi connectivity index (χ4n) is 5.49. The highest BCUT2D eigenvalue weighted by atomic mass is 35.5. The normalized spacial score (nSPS) is 9.86. The Morgan fingerprint density at radius 2 is 0.844 bits per heavy atom. The van der Waals surface area contributed by atoms with Gasteiger partial charge in [0.1, 0.15) is 97.4 Å². The molecule has 2 aromatic carbocycles. The van der Waals surface area contributed by atoms with Gasteiger partial charge in [-0.25, -0.2) is 59.0 Å². The summed E-state index contributed by atoms with van der Waals surface area (Å²) in [6.45, 7) is 6.49. The first-order valence-electron chi connectivity index (χ1n) is 21.7. The summed E-state index contributed by atoms with van der Waals surface area (Å²) in [5.41, 5.74) is 17.5. The fraction of sp³-hybridized carbons (Fsp3) is 0.304. The van der Waals surface area contributed by atoms with Gasteiger partial charge in [-0.1, -0.05) is 58.0 Å². The van der Waals surface area contributed by atoms with Crippen molar-refractivity contribution in [2.24, 2.45) is 5.73 Å². The molecule has 0 aliphatic carbocycles. The number of nitrogens with zero attached hydrogens (tertiary/aromatic N) is 8. The summed E-state index contributed by atoms with van der Waals surface area (Å²) >= 11 is 28.6. The SMILES string of the molecule is CCOC(=O)c1ncnc(Cl)c1Cl.CCOC(=O)c1ncnc(N)c1Cl.CCOC(=O)c1ncnc(NCc2c(OC)cc(OC)cc2OC)c1Cl.COc1cc(OC)c(CN)c(OC)c1.Nc1ncnc(C(=O)O)c1Cl. The van der Waals surface area contributed by atoms with Crippen LogP contribution in [0, 0.1) is 0 Å². The van der Waals surface area contributed by atoms with Crippen LogP contribution in [0.4, 0.5) is 17.5 Å². The molecule has 4 heterocycles. The van der Waals surface area contributed by atoms with Gasteiger partial charge in [0.25, 0.3) is 0 Å². The van der Waals surface area contributed by atoms with E-state index in [9.17, 15) is 19.2 Å². The lowest BCUT2D eigenvalue weighted by atomic mass is 10.1. The molecule has 0 radical (unpaired) electrons. The number of carbonyl (C=O) groups is 4. The highest BCUT2D eigenvalue weighted by Crippen LogP contribution is 2.36. The summed E-state index contributed by atoms with van der Waals surface area (Å²) in [5, 5.41) is 11.6. The number of anilines is 3. The van der Waals surface area contributed by atoms with Crippen molar-refractivity contribution in [3.05, 3.63) is 109 Å². The molecule has 0 aliphatic heterocycles. The van der Waals surface area contributed by atoms with Crippen molar-refractivity contribution < 1.29 is 66.9 Å². The molecule has 416 valence electrons. The molecule has 6 rings (SSSR count). The molecule has 0 atom stereocenters. The van der Waals surface area contributed by atoms with E-state index < -0.39 is 23.9 Å². The minimum absolute atomic E-state index is 0.000299. The molecule has 0 aliphatic rings. The highest BCUT2D eigenvalue weighted by Gasteiger charge is 2.21. The maximum Gasteiger partial charge on any atom is 0.358 e. The number of nitrogen functional groups attached to an aromatic ring is 2. The Morgan fingerprint density at radius 3 is 1.21 bits per heavy atom. The third-order valence-electron chi connectivity index (χ3n) is 9.05. The summed E-state index contributed by atoms with van der Waals surface area (Å²) in [4.78, 5) is 73.9. The number of halogens is 5. The molecule has 26 nitrogen and oxygen atoms in total. The van der Waals surface area contributed by atoms with Crippen molar-refractivity contribution in [1.29, 1.82) is 0 Å². The molecular formula is C46H53Cl5N12O14. The Hall–Kier alpha value is -7.75. The van der Waals surface area contributed by atoms with E-state index in [-0.39, 0.29) is 86.0 Å². The number of hydrogen-bond donors (Lipinski definition) is 5. The van der Waals surface area contributed by atoms with Gasteiger partial charge in [0.2, 0.25) is 0 Å². The number of hydrogen-bond acceptors (Lipinski definition) is 25. The molecule has 0 unspecified atom stereocenters. The zero-order valence-corrected chi connectivity index (χ0v) is 46.4. The second kappa shape index (κ2) is 34.0. The lowest BCUT2D eigenvalue weighted by Gasteiger charge is -2.16. The number of rotatable bonds is 17. The first-order valence-corrected chi connectivity index (χ1v) is 23.6. The number of carboxylic acids is 1. The first-order chi connectivity index (χ1) is 36.8. The number of carbonyl (C=O) groups excluding carboxylic acids is 3. The third-order valence-corrected chi connectivity index (χ3v) is 10.9. The van der Waals surface area contributed by atoms with Crippen LogP contribution in [0.1, 0.15) is 73.9 Å². The Labute approximate surface area is 466 Å². The van der Waals surface area contributed by atoms with Gasteiger partial charge in [-0.05, 0) is 20.8 Å². The molecule has 8 N–H and O–H groups in total. The summed E-state index contributed by atoms with van der Waals surface area (Å²) in [6, 6.07) is 7.05. The molecule has 0 amide bonds. The number of aromatic carboxylic acids is 1. The van der Waals surface area contributed by atoms with Crippen LogP contribution >= 0.6 is 58.0 Å². The molecule has 0 spiro atoms. The van der Waals surface area contributed by atoms with Crippen LogP contribution in [0.3, 0.4) is 0 Å². The van der Waals surface area contributed by atoms with Gasteiger partial charge in [0, 0.05) is 42.9 Å². The monoisotopic (exact) mass is 1170 g/mol. The van der Waals surface area contributed by atoms with Crippen molar-refractivity contribution >= 4 is 99.3 Å². The molecule has 0 saturated carbocycles. The van der Waals surface area contributed by atoms with E-state index in [4.69, 9.17) is 123 Å². The first kappa shape index (κ1) is 65.4. The molecule has 0 fully saturated rings. The predicted molar refractivity (Wildman–Crippen MR) is 284 cm³/mol. The number of aromatic nitrogens is 8. The van der Waals surface area contributed by atoms with Crippen molar-refractivity contribution in [2.75, 3.05) is 79.3 Å². The lowest BCUT2D eigenvalue weighted by Crippen LogP contribution is -2.11. The van der Waals surface area contributed by atoms with Gasteiger partial charge in [-0.3, -0.25) is 0 Å². The Balaban J connectivity index is 0.000000344. The predicted octanol–water partition coefficient (Wildman–Crippen LogP) is 7.38. The van der Waals surface area contributed by atoms with Gasteiger partial charge in [-0.15, -0.1) is 0 Å². The maximum absolute atomic E-state index is 11.9. The van der Waals surface area contributed by atoms with Gasteiger partial charge in [0.15, 0.2) is 27.9 Å². The molecule has 6 aromatic rings. The van der Waals surface area contributed by atoms with Crippen LogP contribution in [-0.4, -0.2) is 131 Å². The molecule has 0 saturated heterocycles. The maximum atomic E-state index is 11.9. The van der Waals surface area contributed by atoms with Crippen molar-refractivity contribution in [3.63, 3.8) is 0 Å². The second-order valence-corrected chi connectivity index (χ2v) is 15.5. The average Bonchev–Trinajstić information content (AvgIpc) is 3.42. The van der Waals surface area contributed by atoms with Crippen LogP contribution in [0.5, 0.6) is 34.5 Å². The minimum atomic E-state index is -1.22. The van der Waals surface area contributed by atoms with Crippen LogP contribution in [-0.2, 0) is 27.3 Å². The molecular weight excluding hydrogens is 1120 g/mol. The highest BCUT2D eigenvalue weighted by molar-refractivity contribution is 6.42. The van der Waals surface area contributed by atoms with Gasteiger partial charge < -0.3 is 70.3 Å². The molecule has 4 aromatic heterocycles. The Kier molecular flexibility index (Phi) is 28.9. The van der Waals surface area contributed by atoms with E-state index in [0.717, 1.165) is 30.1 Å². The summed E-state index contributed by atoms with van der Waals surface area (Å²) in [5.74, 6) is 1.12. The van der Waals surface area contributed by atoms with Crippen LogP contribution in [0.15, 0.2) is 49.6 Å². The van der Waals surface area contributed by atoms with Crippen LogP contribution < -0.4 is 50.9 Å². The third kappa shape index (κ3) is 19.4. The standard InChI is InChI=1S/C17H20ClN3O5.C10H15NO3.C7H6Cl2N2O2.C7H8ClN3O2.C5H4ClN3O2/c1-5-26-17(22)15-14(18)16(21-9-20-15)19-8-11-12(24-3)6-10(23-2)7-13(11)25-4;1-12-7-4-9(13-2)8(6-11)10(5-7)14-3;2*1-2-13-7(12)5-4(8)6(9)11-3-10-5;6-2-3(5(10)11)8-1-9-4(2)7/h6-7,9H,5,8H2,1-4H3,(H,19,20,21);4-5H,6,11H2,1-3H3;3H,2H2,1H3;3H,2H2,1H3,(H2,9,10,11);1H,(H,10,11)(H2,7,8,9). The number of nitrogens with two attached hydrogens (primary N) is 3. The quantitative estimate of drug-likeness (QED) is 0.0338. The van der Waals surface area contributed by atoms with Crippen molar-refractivity contribution in [2.45, 2.75) is 33.9 Å². The van der Waals surface area contributed by atoms with E-state index in [1.54, 1.807) is 87.7 Å². The van der Waals surface area contributed by atoms with E-state index >= 15 is 0 Å². The van der Waals surface area contributed by atoms with Crippen molar-refractivity contribution in [3.8, 4) is 34.5 Å². The number of carboxylic acid groups (broad SMARTS) is 1. The summed E-state index contributed by atoms with van der Waals surface area (Å²) < 4.78 is 45.8. The minimum Gasteiger partial charge on any atom is -0.496 e. The van der Waals surface area contributed by atoms with Gasteiger partial charge in [0.05, 0.1) is 68.0 Å². The zero-order valence-electron chi connectivity index (χ0n) is 42.6. The van der Waals surface area contributed by atoms with E-state index in [2.05, 4.69) is 45.2 Å². The van der Waals surface area contributed by atoms with Gasteiger partial charge >= 0.3 is 23.9 Å². The van der Waals surface area contributed by atoms with Crippen LogP contribution in [0.2, 0.25) is 25.2 Å². The van der Waals surface area contributed by atoms with Gasteiger partial charge in [-0.2, -0.15) is 0 Å². The zero-order chi connectivity index (χ0) is 57.8. The fourth-order valence-corrected chi connectivity index (χ4v) is 6.39. The number of esters is 3. The smallest absolute Gasteiger partial charge is 0.358 e. The van der Waals surface area contributed by atoms with E-state index in [1.165, 1.54) is 6.33 Å². The summed E-state index contributed by atoms with van der Waals surface area (Å²) in [6.07, 6.45) is 4.60. The summed E-state index contributed by atoms with van der Waals surface area (Å²) in [7, 11) is 9.43. The van der Waals surface area contributed by atoms with E-state index in [1.807, 2.05) is 0 Å². The number of benzene rings is 2. The second-order valence-electron chi connectivity index (χ2n) is 13.6. The number of methoxy groups -OCH3 is 6. The van der Waals surface area contributed by atoms with E-state index in [0.29, 0.717) is 46.9 Å². The number of ether oxygens (including phenoxy) is 9.